The number of methoxy groups -OCH3 is 1. The normalized spacial score (nSPS) is 16.2. The largest absolute Gasteiger partial charge is 0.378 e. The summed E-state index contributed by atoms with van der Waals surface area (Å²) in [5, 5.41) is 3.85. The van der Waals surface area contributed by atoms with Gasteiger partial charge in [0.25, 0.3) is 0 Å². The molecule has 3 rings (SSSR count). The topological polar surface area (TPSA) is 77.2 Å². The van der Waals surface area contributed by atoms with Crippen molar-refractivity contribution in [1.82, 2.24) is 20.1 Å². The van der Waals surface area contributed by atoms with E-state index in [1.165, 1.54) is 0 Å². The highest BCUT2D eigenvalue weighted by Crippen LogP contribution is 2.24. The molecule has 0 amide bonds. The van der Waals surface area contributed by atoms with Crippen molar-refractivity contribution in [3.8, 4) is 0 Å². The summed E-state index contributed by atoms with van der Waals surface area (Å²) in [7, 11) is 1.67. The van der Waals surface area contributed by atoms with Crippen molar-refractivity contribution in [3.05, 3.63) is 29.8 Å². The van der Waals surface area contributed by atoms with Gasteiger partial charge in [0.2, 0.25) is 5.89 Å². The van der Waals surface area contributed by atoms with Gasteiger partial charge in [-0.25, -0.2) is 9.97 Å². The number of hydrogen-bond donors (Lipinski definition) is 0. The second-order valence-electron chi connectivity index (χ2n) is 5.67. The molecule has 0 aliphatic carbocycles. The number of piperidine rings is 1. The summed E-state index contributed by atoms with van der Waals surface area (Å²) in [5.41, 5.74) is 0.913. The van der Waals surface area contributed by atoms with Crippen molar-refractivity contribution >= 4 is 5.82 Å². The molecule has 0 aromatic carbocycles. The lowest BCUT2D eigenvalue weighted by Crippen LogP contribution is -2.35. The molecule has 0 radical (unpaired) electrons. The first-order valence-corrected chi connectivity index (χ1v) is 7.58. The smallest absolute Gasteiger partial charge is 0.226 e. The van der Waals surface area contributed by atoms with Gasteiger partial charge in [0.15, 0.2) is 5.82 Å². The van der Waals surface area contributed by atoms with Crippen LogP contribution in [0.5, 0.6) is 0 Å². The van der Waals surface area contributed by atoms with Gasteiger partial charge in [-0.1, -0.05) is 5.16 Å². The van der Waals surface area contributed by atoms with Crippen molar-refractivity contribution in [2.24, 2.45) is 5.92 Å². The molecule has 0 saturated carbocycles. The Kier molecular flexibility index (Phi) is 4.62. The average Bonchev–Trinajstić information content (AvgIpc) is 2.94. The second kappa shape index (κ2) is 6.83. The van der Waals surface area contributed by atoms with Crippen LogP contribution >= 0.6 is 0 Å². The molecule has 22 heavy (non-hydrogen) atoms. The van der Waals surface area contributed by atoms with E-state index in [9.17, 15) is 0 Å². The number of anilines is 1. The standard InChI is InChI=1S/C15H21N5O2/c1-11-18-15(22-19-11)7-12-3-5-20(6-4-12)14-8-13(9-21-2)16-10-17-14/h8,10,12H,3-7,9H2,1-2H3. The van der Waals surface area contributed by atoms with Crippen LogP contribution in [-0.4, -0.2) is 40.3 Å². The maximum absolute atomic E-state index is 5.21. The second-order valence-corrected chi connectivity index (χ2v) is 5.67. The third-order valence-corrected chi connectivity index (χ3v) is 3.97. The van der Waals surface area contributed by atoms with Gasteiger partial charge in [0.1, 0.15) is 12.1 Å². The number of ether oxygens (including phenoxy) is 1. The molecule has 0 spiro atoms. The molecule has 7 heteroatoms. The van der Waals surface area contributed by atoms with Crippen molar-refractivity contribution in [2.45, 2.75) is 32.8 Å². The molecular weight excluding hydrogens is 282 g/mol. The molecule has 1 saturated heterocycles. The molecule has 0 bridgehead atoms. The first-order valence-electron chi connectivity index (χ1n) is 7.58. The van der Waals surface area contributed by atoms with E-state index >= 15 is 0 Å². The molecule has 7 nitrogen and oxygen atoms in total. The van der Waals surface area contributed by atoms with E-state index in [1.54, 1.807) is 13.4 Å². The van der Waals surface area contributed by atoms with Gasteiger partial charge in [0, 0.05) is 32.7 Å². The molecule has 118 valence electrons. The van der Waals surface area contributed by atoms with Crippen LogP contribution in [-0.2, 0) is 17.8 Å². The quantitative estimate of drug-likeness (QED) is 0.833. The molecule has 0 unspecified atom stereocenters. The van der Waals surface area contributed by atoms with E-state index < -0.39 is 0 Å². The Morgan fingerprint density at radius 1 is 1.32 bits per heavy atom. The maximum atomic E-state index is 5.21. The summed E-state index contributed by atoms with van der Waals surface area (Å²) < 4.78 is 10.3. The zero-order chi connectivity index (χ0) is 15.4. The summed E-state index contributed by atoms with van der Waals surface area (Å²) in [4.78, 5) is 15.2. The lowest BCUT2D eigenvalue weighted by molar-refractivity contribution is 0.181. The van der Waals surface area contributed by atoms with E-state index in [1.807, 2.05) is 13.0 Å². The molecule has 1 aliphatic rings. The first-order chi connectivity index (χ1) is 10.7. The van der Waals surface area contributed by atoms with Gasteiger partial charge >= 0.3 is 0 Å². The minimum absolute atomic E-state index is 0.516. The van der Waals surface area contributed by atoms with E-state index in [2.05, 4.69) is 25.0 Å². The van der Waals surface area contributed by atoms with Gasteiger partial charge < -0.3 is 14.2 Å². The molecule has 0 atom stereocenters. The molecule has 1 fully saturated rings. The summed E-state index contributed by atoms with van der Waals surface area (Å²) in [6, 6.07) is 2.01. The van der Waals surface area contributed by atoms with Crippen LogP contribution < -0.4 is 4.90 Å². The van der Waals surface area contributed by atoms with Crippen molar-refractivity contribution < 1.29 is 9.26 Å². The Bertz CT molecular complexity index is 607. The number of hydrogen-bond acceptors (Lipinski definition) is 7. The predicted octanol–water partition coefficient (Wildman–Crippen LogP) is 1.77. The number of nitrogens with zero attached hydrogens (tertiary/aromatic N) is 5. The summed E-state index contributed by atoms with van der Waals surface area (Å²) >= 11 is 0. The lowest BCUT2D eigenvalue weighted by Gasteiger charge is -2.32. The number of aromatic nitrogens is 4. The fraction of sp³-hybridized carbons (Fsp3) is 0.600. The molecular formula is C15H21N5O2. The highest BCUT2D eigenvalue weighted by molar-refractivity contribution is 5.39. The lowest BCUT2D eigenvalue weighted by atomic mass is 9.93. The number of aryl methyl sites for hydroxylation is 1. The van der Waals surface area contributed by atoms with E-state index in [0.29, 0.717) is 18.3 Å². The highest BCUT2D eigenvalue weighted by atomic mass is 16.5. The van der Waals surface area contributed by atoms with Gasteiger partial charge in [-0.15, -0.1) is 0 Å². The summed E-state index contributed by atoms with van der Waals surface area (Å²) in [6.07, 6.45) is 4.68. The Labute approximate surface area is 129 Å². The van der Waals surface area contributed by atoms with Crippen molar-refractivity contribution in [3.63, 3.8) is 0 Å². The fourth-order valence-corrected chi connectivity index (χ4v) is 2.82. The fourth-order valence-electron chi connectivity index (χ4n) is 2.82. The minimum atomic E-state index is 0.516. The monoisotopic (exact) mass is 303 g/mol. The molecule has 0 N–H and O–H groups in total. The van der Waals surface area contributed by atoms with Crippen LogP contribution in [0, 0.1) is 12.8 Å². The van der Waals surface area contributed by atoms with Crippen LogP contribution in [0.4, 0.5) is 5.82 Å². The van der Waals surface area contributed by atoms with Gasteiger partial charge in [-0.2, -0.15) is 4.98 Å². The Hall–Kier alpha value is -2.02. The van der Waals surface area contributed by atoms with E-state index in [0.717, 1.165) is 49.8 Å². The van der Waals surface area contributed by atoms with Gasteiger partial charge in [-0.3, -0.25) is 0 Å². The predicted molar refractivity (Wildman–Crippen MR) is 80.4 cm³/mol. The SMILES string of the molecule is COCc1cc(N2CCC(Cc3nc(C)no3)CC2)ncn1. The molecule has 3 heterocycles. The average molecular weight is 303 g/mol. The van der Waals surface area contributed by atoms with Crippen molar-refractivity contribution in [2.75, 3.05) is 25.1 Å². The van der Waals surface area contributed by atoms with E-state index in [4.69, 9.17) is 9.26 Å². The van der Waals surface area contributed by atoms with Crippen LogP contribution in [0.2, 0.25) is 0 Å². The maximum Gasteiger partial charge on any atom is 0.226 e. The Morgan fingerprint density at radius 2 is 2.14 bits per heavy atom. The highest BCUT2D eigenvalue weighted by Gasteiger charge is 2.22. The van der Waals surface area contributed by atoms with Gasteiger partial charge in [0.05, 0.1) is 12.3 Å². The van der Waals surface area contributed by atoms with E-state index in [-0.39, 0.29) is 0 Å². The first kappa shape index (κ1) is 14.9. The Balaban J connectivity index is 1.56. The minimum Gasteiger partial charge on any atom is -0.378 e. The van der Waals surface area contributed by atoms with Crippen molar-refractivity contribution in [1.29, 1.82) is 0 Å². The van der Waals surface area contributed by atoms with Crippen LogP contribution in [0.25, 0.3) is 0 Å². The van der Waals surface area contributed by atoms with Crippen LogP contribution in [0.15, 0.2) is 16.9 Å². The van der Waals surface area contributed by atoms with Gasteiger partial charge in [-0.05, 0) is 25.7 Å². The number of rotatable bonds is 5. The zero-order valence-electron chi connectivity index (χ0n) is 13.0. The third kappa shape index (κ3) is 3.59. The van der Waals surface area contributed by atoms with Crippen LogP contribution in [0.3, 0.4) is 0 Å². The Morgan fingerprint density at radius 3 is 2.82 bits per heavy atom. The van der Waals surface area contributed by atoms with Crippen LogP contribution in [0.1, 0.15) is 30.3 Å². The molecule has 2 aromatic rings. The molecule has 1 aliphatic heterocycles. The summed E-state index contributed by atoms with van der Waals surface area (Å²) in [6.45, 7) is 4.34. The molecule has 2 aromatic heterocycles. The zero-order valence-corrected chi connectivity index (χ0v) is 13.0. The summed E-state index contributed by atoms with van der Waals surface area (Å²) in [5.74, 6) is 3.03. The third-order valence-electron chi connectivity index (χ3n) is 3.97.